The Morgan fingerprint density at radius 1 is 1.23 bits per heavy atom. The number of rotatable bonds is 5. The maximum absolute atomic E-state index is 14.8. The second-order valence-electron chi connectivity index (χ2n) is 6.89. The molecule has 2 aliphatic heterocycles. The van der Waals surface area contributed by atoms with E-state index >= 15 is 0 Å². The van der Waals surface area contributed by atoms with Crippen LogP contribution < -0.4 is 15.1 Å². The van der Waals surface area contributed by atoms with Crippen molar-refractivity contribution in [3.05, 3.63) is 42.3 Å². The molecule has 2 aromatic rings. The number of hydrogen-bond acceptors (Lipinski definition) is 6. The van der Waals surface area contributed by atoms with Crippen molar-refractivity contribution < 1.29 is 28.2 Å². The van der Waals surface area contributed by atoms with Crippen LogP contribution in [0, 0.1) is 5.82 Å². The Labute approximate surface area is 171 Å². The number of nitrogens with one attached hydrogen (secondary N) is 1. The molecule has 0 radical (unpaired) electrons. The van der Waals surface area contributed by atoms with E-state index in [1.165, 1.54) is 29.0 Å². The predicted molar refractivity (Wildman–Crippen MR) is 105 cm³/mol. The molecular weight excluding hydrogens is 395 g/mol. The van der Waals surface area contributed by atoms with Crippen LogP contribution >= 0.6 is 0 Å². The lowest BCUT2D eigenvalue weighted by molar-refractivity contribution is -0.119. The Kier molecular flexibility index (Phi) is 5.21. The summed E-state index contributed by atoms with van der Waals surface area (Å²) in [4.78, 5) is 41.7. The molecule has 0 aliphatic carbocycles. The number of anilines is 2. The van der Waals surface area contributed by atoms with Crippen LogP contribution in [0.1, 0.15) is 6.92 Å². The zero-order valence-electron chi connectivity index (χ0n) is 16.1. The number of halogens is 1. The van der Waals surface area contributed by atoms with Gasteiger partial charge in [0, 0.05) is 24.2 Å². The smallest absolute Gasteiger partial charge is 0.415 e. The molecule has 3 amide bonds. The largest absolute Gasteiger partial charge is 0.447 e. The number of carbonyl (C=O) groups is 3. The van der Waals surface area contributed by atoms with Gasteiger partial charge in [-0.25, -0.2) is 19.0 Å². The molecule has 0 bridgehead atoms. The van der Waals surface area contributed by atoms with E-state index in [9.17, 15) is 18.8 Å². The second kappa shape index (κ2) is 7.97. The van der Waals surface area contributed by atoms with Gasteiger partial charge in [0.2, 0.25) is 5.91 Å². The first-order valence-corrected chi connectivity index (χ1v) is 9.35. The SMILES string of the molecule is CC(=O)NC[C@H]1CN(c2ccc(-c3ccc(N4CCOC4=O)nc3)c(F)c2)C(=O)O1. The third-order valence-corrected chi connectivity index (χ3v) is 4.81. The van der Waals surface area contributed by atoms with Crippen molar-refractivity contribution in [1.82, 2.24) is 10.3 Å². The fourth-order valence-corrected chi connectivity index (χ4v) is 3.31. The minimum Gasteiger partial charge on any atom is -0.447 e. The van der Waals surface area contributed by atoms with Gasteiger partial charge in [0.05, 0.1) is 25.3 Å². The van der Waals surface area contributed by atoms with Crippen LogP contribution in [0.15, 0.2) is 36.5 Å². The van der Waals surface area contributed by atoms with Gasteiger partial charge in [-0.2, -0.15) is 0 Å². The number of cyclic esters (lactones) is 2. The van der Waals surface area contributed by atoms with Crippen molar-refractivity contribution >= 4 is 29.6 Å². The van der Waals surface area contributed by atoms with Gasteiger partial charge in [-0.3, -0.25) is 14.6 Å². The Bertz CT molecular complexity index is 997. The molecule has 1 N–H and O–H groups in total. The predicted octanol–water partition coefficient (Wildman–Crippen LogP) is 2.31. The molecule has 2 fully saturated rings. The van der Waals surface area contributed by atoms with Crippen molar-refractivity contribution in [2.75, 3.05) is 36.0 Å². The highest BCUT2D eigenvalue weighted by Gasteiger charge is 2.32. The standard InChI is InChI=1S/C20H19FN4O5/c1-12(26)22-10-15-11-25(20(28)30-15)14-3-4-16(17(21)8-14)13-2-5-18(23-9-13)24-6-7-29-19(24)27/h2-5,8-9,15H,6-7,10-11H2,1H3,(H,22,26)/t15-/m0/s1. The average Bonchev–Trinajstić information content (AvgIpc) is 3.32. The Morgan fingerprint density at radius 2 is 2.07 bits per heavy atom. The third kappa shape index (κ3) is 3.88. The summed E-state index contributed by atoms with van der Waals surface area (Å²) in [6, 6.07) is 7.72. The van der Waals surface area contributed by atoms with Crippen molar-refractivity contribution in [3.8, 4) is 11.1 Å². The van der Waals surface area contributed by atoms with Gasteiger partial charge < -0.3 is 14.8 Å². The average molecular weight is 414 g/mol. The molecule has 9 nitrogen and oxygen atoms in total. The minimum absolute atomic E-state index is 0.195. The maximum Gasteiger partial charge on any atom is 0.415 e. The number of benzene rings is 1. The molecule has 0 spiro atoms. The van der Waals surface area contributed by atoms with E-state index in [0.717, 1.165) is 0 Å². The third-order valence-electron chi connectivity index (χ3n) is 4.81. The highest BCUT2D eigenvalue weighted by atomic mass is 19.1. The van der Waals surface area contributed by atoms with Crippen molar-refractivity contribution in [2.45, 2.75) is 13.0 Å². The van der Waals surface area contributed by atoms with Gasteiger partial charge in [0.15, 0.2) is 0 Å². The lowest BCUT2D eigenvalue weighted by Gasteiger charge is -2.15. The summed E-state index contributed by atoms with van der Waals surface area (Å²) in [5, 5.41) is 2.59. The number of hydrogen-bond donors (Lipinski definition) is 1. The number of aromatic nitrogens is 1. The van der Waals surface area contributed by atoms with Crippen LogP contribution in [0.2, 0.25) is 0 Å². The number of carbonyl (C=O) groups excluding carboxylic acids is 3. The first-order chi connectivity index (χ1) is 14.4. The molecule has 1 aromatic heterocycles. The van der Waals surface area contributed by atoms with E-state index in [0.29, 0.717) is 35.8 Å². The number of pyridine rings is 1. The van der Waals surface area contributed by atoms with Crippen LogP contribution in [0.3, 0.4) is 0 Å². The minimum atomic E-state index is -0.596. The first kappa shape index (κ1) is 19.6. The molecule has 30 heavy (non-hydrogen) atoms. The molecule has 2 aliphatic rings. The van der Waals surface area contributed by atoms with Crippen molar-refractivity contribution in [3.63, 3.8) is 0 Å². The molecule has 4 rings (SSSR count). The van der Waals surface area contributed by atoms with Crippen molar-refractivity contribution in [2.24, 2.45) is 0 Å². The molecule has 10 heteroatoms. The van der Waals surface area contributed by atoms with Gasteiger partial charge >= 0.3 is 12.2 Å². The van der Waals surface area contributed by atoms with Gasteiger partial charge in [-0.1, -0.05) is 0 Å². The molecule has 2 saturated heterocycles. The van der Waals surface area contributed by atoms with Gasteiger partial charge in [-0.15, -0.1) is 0 Å². The lowest BCUT2D eigenvalue weighted by Crippen LogP contribution is -2.33. The van der Waals surface area contributed by atoms with Crippen molar-refractivity contribution in [1.29, 1.82) is 0 Å². The first-order valence-electron chi connectivity index (χ1n) is 9.35. The molecule has 3 heterocycles. The summed E-state index contributed by atoms with van der Waals surface area (Å²) in [6.45, 7) is 2.51. The summed E-state index contributed by atoms with van der Waals surface area (Å²) in [6.07, 6.45) is -0.0775. The fourth-order valence-electron chi connectivity index (χ4n) is 3.31. The van der Waals surface area contributed by atoms with E-state index in [-0.39, 0.29) is 19.0 Å². The topological polar surface area (TPSA) is 101 Å². The quantitative estimate of drug-likeness (QED) is 0.806. The summed E-state index contributed by atoms with van der Waals surface area (Å²) in [5.41, 5.74) is 1.20. The van der Waals surface area contributed by atoms with Crippen LogP contribution in [-0.4, -0.2) is 55.4 Å². The van der Waals surface area contributed by atoms with Gasteiger partial charge in [-0.05, 0) is 30.3 Å². The van der Waals surface area contributed by atoms with Crippen LogP contribution in [0.25, 0.3) is 11.1 Å². The zero-order valence-corrected chi connectivity index (χ0v) is 16.1. The molecular formula is C20H19FN4O5. The summed E-state index contributed by atoms with van der Waals surface area (Å²) >= 11 is 0. The van der Waals surface area contributed by atoms with E-state index < -0.39 is 24.1 Å². The monoisotopic (exact) mass is 414 g/mol. The molecule has 1 atom stereocenters. The van der Waals surface area contributed by atoms with Crippen LogP contribution in [-0.2, 0) is 14.3 Å². The fraction of sp³-hybridized carbons (Fsp3) is 0.300. The number of amides is 3. The Balaban J connectivity index is 1.49. The highest BCUT2D eigenvalue weighted by molar-refractivity contribution is 5.90. The van der Waals surface area contributed by atoms with Crippen LogP contribution in [0.4, 0.5) is 25.5 Å². The van der Waals surface area contributed by atoms with E-state index in [1.807, 2.05) is 0 Å². The maximum atomic E-state index is 14.8. The van der Waals surface area contributed by atoms with Gasteiger partial charge in [0.1, 0.15) is 24.3 Å². The summed E-state index contributed by atoms with van der Waals surface area (Å²) in [7, 11) is 0. The zero-order chi connectivity index (χ0) is 21.3. The molecule has 0 unspecified atom stereocenters. The van der Waals surface area contributed by atoms with Gasteiger partial charge in [0.25, 0.3) is 0 Å². The molecule has 1 aromatic carbocycles. The lowest BCUT2D eigenvalue weighted by atomic mass is 10.1. The number of ether oxygens (including phenoxy) is 2. The summed E-state index contributed by atoms with van der Waals surface area (Å²) < 4.78 is 24.9. The molecule has 0 saturated carbocycles. The van der Waals surface area contributed by atoms with E-state index in [2.05, 4.69) is 10.3 Å². The highest BCUT2D eigenvalue weighted by Crippen LogP contribution is 2.29. The van der Waals surface area contributed by atoms with E-state index in [4.69, 9.17) is 9.47 Å². The van der Waals surface area contributed by atoms with E-state index in [1.54, 1.807) is 24.3 Å². The number of nitrogens with zero attached hydrogens (tertiary/aromatic N) is 3. The molecule has 156 valence electrons. The summed E-state index contributed by atoms with van der Waals surface area (Å²) in [5.74, 6) is -0.315. The second-order valence-corrected chi connectivity index (χ2v) is 6.89. The Hall–Kier alpha value is -3.69. The van der Waals surface area contributed by atoms with Crippen LogP contribution in [0.5, 0.6) is 0 Å². The Morgan fingerprint density at radius 3 is 2.70 bits per heavy atom. The normalized spacial score (nSPS) is 18.4.